The number of carboxylic acid groups (broad SMARTS) is 1. The normalized spacial score (nSPS) is 17.6. The number of hydrogen-bond acceptors (Lipinski definition) is 4. The Balaban J connectivity index is 1.97. The highest BCUT2D eigenvalue weighted by atomic mass is 32.2. The van der Waals surface area contributed by atoms with Crippen LogP contribution in [0.25, 0.3) is 0 Å². The van der Waals surface area contributed by atoms with Crippen LogP contribution in [0.5, 0.6) is 0 Å². The average molecular weight is 303 g/mol. The first-order valence-electron chi connectivity index (χ1n) is 5.85. The van der Waals surface area contributed by atoms with Crippen molar-refractivity contribution in [3.05, 3.63) is 29.8 Å². The molecule has 1 N–H and O–H groups in total. The largest absolute Gasteiger partial charge is 0.465 e. The smallest absolute Gasteiger partial charge is 0.407 e. The van der Waals surface area contributed by atoms with Gasteiger partial charge >= 0.3 is 6.09 Å². The number of nitrogens with zero attached hydrogens (tertiary/aromatic N) is 1. The quantitative estimate of drug-likeness (QED) is 0.850. The molecule has 0 spiro atoms. The van der Waals surface area contributed by atoms with Gasteiger partial charge in [-0.1, -0.05) is 17.7 Å². The topological polar surface area (TPSA) is 83.9 Å². The Hall–Kier alpha value is -1.67. The Morgan fingerprint density at radius 2 is 1.95 bits per heavy atom. The van der Waals surface area contributed by atoms with E-state index in [9.17, 15) is 17.6 Å². The van der Waals surface area contributed by atoms with Gasteiger partial charge in [-0.2, -0.15) is 8.42 Å². The lowest BCUT2D eigenvalue weighted by Crippen LogP contribution is -2.62. The molecule has 20 heavy (non-hydrogen) atoms. The summed E-state index contributed by atoms with van der Waals surface area (Å²) in [6.07, 6.45) is -1.24. The molecule has 0 radical (unpaired) electrons. The van der Waals surface area contributed by atoms with E-state index in [1.165, 1.54) is 12.1 Å². The van der Waals surface area contributed by atoms with E-state index in [0.29, 0.717) is 0 Å². The number of rotatable bonds is 4. The van der Waals surface area contributed by atoms with E-state index in [1.54, 1.807) is 12.1 Å². The van der Waals surface area contributed by atoms with E-state index in [0.717, 1.165) is 10.5 Å². The number of halogens is 1. The maximum Gasteiger partial charge on any atom is 0.407 e. The second kappa shape index (κ2) is 5.02. The third-order valence-electron chi connectivity index (χ3n) is 3.00. The van der Waals surface area contributed by atoms with Crippen molar-refractivity contribution in [1.29, 1.82) is 0 Å². The second-order valence-electron chi connectivity index (χ2n) is 4.82. The highest BCUT2D eigenvalue weighted by Gasteiger charge is 2.47. The maximum atomic E-state index is 13.9. The first kappa shape index (κ1) is 14.7. The average Bonchev–Trinajstić information content (AvgIpc) is 2.33. The van der Waals surface area contributed by atoms with Gasteiger partial charge in [-0.3, -0.25) is 4.18 Å². The molecular formula is C12H14FNO5S. The number of aryl methyl sites for hydroxylation is 1. The van der Waals surface area contributed by atoms with E-state index in [2.05, 4.69) is 4.18 Å². The molecule has 1 fully saturated rings. The molecule has 1 aliphatic rings. The lowest BCUT2D eigenvalue weighted by Gasteiger charge is -2.41. The zero-order valence-corrected chi connectivity index (χ0v) is 11.6. The molecule has 1 saturated heterocycles. The Morgan fingerprint density at radius 1 is 1.40 bits per heavy atom. The molecule has 1 amide bonds. The number of likely N-dealkylation sites (tertiary alicyclic amines) is 1. The monoisotopic (exact) mass is 303 g/mol. The van der Waals surface area contributed by atoms with Crippen molar-refractivity contribution in [3.8, 4) is 0 Å². The van der Waals surface area contributed by atoms with Gasteiger partial charge in [0.15, 0.2) is 5.67 Å². The second-order valence-corrected chi connectivity index (χ2v) is 6.43. The van der Waals surface area contributed by atoms with Gasteiger partial charge in [0.25, 0.3) is 10.1 Å². The molecular weight excluding hydrogens is 289 g/mol. The molecule has 0 atom stereocenters. The summed E-state index contributed by atoms with van der Waals surface area (Å²) in [6.45, 7) is 0.354. The molecule has 1 aromatic rings. The van der Waals surface area contributed by atoms with Crippen molar-refractivity contribution in [2.24, 2.45) is 0 Å². The summed E-state index contributed by atoms with van der Waals surface area (Å²) >= 11 is 0. The van der Waals surface area contributed by atoms with Crippen molar-refractivity contribution in [2.75, 3.05) is 19.7 Å². The molecule has 0 saturated carbocycles. The summed E-state index contributed by atoms with van der Waals surface area (Å²) in [4.78, 5) is 11.3. The van der Waals surface area contributed by atoms with Crippen molar-refractivity contribution >= 4 is 16.2 Å². The Kier molecular flexibility index (Phi) is 3.70. The van der Waals surface area contributed by atoms with Crippen LogP contribution >= 0.6 is 0 Å². The first-order chi connectivity index (χ1) is 9.22. The summed E-state index contributed by atoms with van der Waals surface area (Å²) in [6, 6.07) is 5.97. The maximum absolute atomic E-state index is 13.9. The predicted octanol–water partition coefficient (Wildman–Crippen LogP) is 1.40. The van der Waals surface area contributed by atoms with Gasteiger partial charge in [0.1, 0.15) is 6.61 Å². The van der Waals surface area contributed by atoms with Gasteiger partial charge < -0.3 is 10.0 Å². The molecule has 0 unspecified atom stereocenters. The molecule has 0 aromatic heterocycles. The lowest BCUT2D eigenvalue weighted by molar-refractivity contribution is -0.0462. The molecule has 0 aliphatic carbocycles. The highest BCUT2D eigenvalue weighted by Crippen LogP contribution is 2.27. The Labute approximate surface area is 115 Å². The summed E-state index contributed by atoms with van der Waals surface area (Å²) in [5, 5.41) is 8.60. The van der Waals surface area contributed by atoms with Crippen LogP contribution in [0.1, 0.15) is 5.56 Å². The molecule has 2 rings (SSSR count). The molecule has 1 aliphatic heterocycles. The van der Waals surface area contributed by atoms with Gasteiger partial charge in [-0.05, 0) is 19.1 Å². The van der Waals surface area contributed by atoms with Gasteiger partial charge in [0.2, 0.25) is 0 Å². The van der Waals surface area contributed by atoms with E-state index >= 15 is 0 Å². The summed E-state index contributed by atoms with van der Waals surface area (Å²) in [5.74, 6) is 0. The molecule has 1 heterocycles. The fourth-order valence-corrected chi connectivity index (χ4v) is 2.79. The molecule has 0 bridgehead atoms. The molecule has 1 aromatic carbocycles. The summed E-state index contributed by atoms with van der Waals surface area (Å²) in [5.41, 5.74) is -1.06. The predicted molar refractivity (Wildman–Crippen MR) is 67.8 cm³/mol. The van der Waals surface area contributed by atoms with Gasteiger partial charge in [-0.15, -0.1) is 0 Å². The van der Waals surface area contributed by atoms with Crippen LogP contribution in [0.4, 0.5) is 9.18 Å². The van der Waals surface area contributed by atoms with Crippen molar-refractivity contribution in [2.45, 2.75) is 17.5 Å². The minimum atomic E-state index is -4.03. The minimum absolute atomic E-state index is 0.0545. The van der Waals surface area contributed by atoms with Crippen LogP contribution in [0.15, 0.2) is 29.2 Å². The number of alkyl halides is 1. The van der Waals surface area contributed by atoms with Crippen molar-refractivity contribution in [3.63, 3.8) is 0 Å². The van der Waals surface area contributed by atoms with Crippen LogP contribution < -0.4 is 0 Å². The number of hydrogen-bond donors (Lipinski definition) is 1. The fourth-order valence-electron chi connectivity index (χ4n) is 1.82. The van der Waals surface area contributed by atoms with Crippen LogP contribution in [-0.2, 0) is 14.3 Å². The fraction of sp³-hybridized carbons (Fsp3) is 0.417. The van der Waals surface area contributed by atoms with Gasteiger partial charge in [0, 0.05) is 0 Å². The Morgan fingerprint density at radius 3 is 2.45 bits per heavy atom. The highest BCUT2D eigenvalue weighted by molar-refractivity contribution is 7.86. The van der Waals surface area contributed by atoms with Crippen LogP contribution in [0, 0.1) is 6.92 Å². The van der Waals surface area contributed by atoms with E-state index in [4.69, 9.17) is 5.11 Å². The van der Waals surface area contributed by atoms with E-state index < -0.39 is 28.5 Å². The minimum Gasteiger partial charge on any atom is -0.465 e. The van der Waals surface area contributed by atoms with Gasteiger partial charge in [0.05, 0.1) is 18.0 Å². The number of benzene rings is 1. The van der Waals surface area contributed by atoms with Crippen LogP contribution in [-0.4, -0.2) is 49.9 Å². The molecule has 6 nitrogen and oxygen atoms in total. The zero-order chi connectivity index (χ0) is 15.0. The van der Waals surface area contributed by atoms with E-state index in [1.807, 2.05) is 6.92 Å². The third kappa shape index (κ3) is 3.07. The molecule has 110 valence electrons. The van der Waals surface area contributed by atoms with Gasteiger partial charge in [-0.25, -0.2) is 9.18 Å². The first-order valence-corrected chi connectivity index (χ1v) is 7.26. The SMILES string of the molecule is Cc1ccc(S(=O)(=O)OCC2(F)CN(C(=O)O)C2)cc1. The Bertz CT molecular complexity index is 607. The third-order valence-corrected chi connectivity index (χ3v) is 4.28. The van der Waals surface area contributed by atoms with Crippen LogP contribution in [0.2, 0.25) is 0 Å². The summed E-state index contributed by atoms with van der Waals surface area (Å²) < 4.78 is 42.3. The number of amides is 1. The van der Waals surface area contributed by atoms with E-state index in [-0.39, 0.29) is 18.0 Å². The number of carbonyl (C=O) groups is 1. The zero-order valence-electron chi connectivity index (χ0n) is 10.7. The van der Waals surface area contributed by atoms with Crippen molar-refractivity contribution in [1.82, 2.24) is 4.90 Å². The van der Waals surface area contributed by atoms with Crippen molar-refractivity contribution < 1.29 is 26.9 Å². The summed E-state index contributed by atoms with van der Waals surface area (Å²) in [7, 11) is -4.03. The van der Waals surface area contributed by atoms with Crippen LogP contribution in [0.3, 0.4) is 0 Å². The lowest BCUT2D eigenvalue weighted by atomic mass is 9.98. The standard InChI is InChI=1S/C12H14FNO5S/c1-9-2-4-10(5-3-9)20(17,18)19-8-12(13)6-14(7-12)11(15)16/h2-5H,6-8H2,1H3,(H,15,16). The molecule has 8 heteroatoms.